The predicted molar refractivity (Wildman–Crippen MR) is 219 cm³/mol. The molecular formula is C41H51N7O6S. The number of thiol groups is 1. The average Bonchev–Trinajstić information content (AvgIpc) is 3.77. The normalized spacial score (nSPS) is 12.8. The van der Waals surface area contributed by atoms with E-state index in [0.717, 1.165) is 55.5 Å². The van der Waals surface area contributed by atoms with Crippen molar-refractivity contribution in [3.8, 4) is 22.6 Å². The van der Waals surface area contributed by atoms with Crippen LogP contribution < -0.4 is 20.1 Å². The highest BCUT2D eigenvalue weighted by atomic mass is 32.1. The van der Waals surface area contributed by atoms with Crippen LogP contribution >= 0.6 is 12.6 Å². The Kier molecular flexibility index (Phi) is 14.6. The molecule has 3 heterocycles. The first kappa shape index (κ1) is 40.7. The van der Waals surface area contributed by atoms with E-state index in [1.54, 1.807) is 48.2 Å². The number of aryl methyl sites for hydroxylation is 3. The van der Waals surface area contributed by atoms with Gasteiger partial charge in [-0.2, -0.15) is 12.6 Å². The van der Waals surface area contributed by atoms with Crippen molar-refractivity contribution in [3.05, 3.63) is 77.9 Å². The number of piperidine rings is 1. The number of carbonyl (C=O) groups is 4. The Morgan fingerprint density at radius 2 is 1.64 bits per heavy atom. The minimum atomic E-state index is -0.316. The van der Waals surface area contributed by atoms with Gasteiger partial charge >= 0.3 is 0 Å². The molecule has 0 atom stereocenters. The summed E-state index contributed by atoms with van der Waals surface area (Å²) in [4.78, 5) is 58.5. The van der Waals surface area contributed by atoms with Crippen LogP contribution in [0.15, 0.2) is 65.9 Å². The summed E-state index contributed by atoms with van der Waals surface area (Å²) in [6, 6.07) is 14.7. The molecule has 0 spiro atoms. The van der Waals surface area contributed by atoms with Gasteiger partial charge in [-0.1, -0.05) is 12.1 Å². The lowest BCUT2D eigenvalue weighted by Gasteiger charge is -2.26. The Labute approximate surface area is 328 Å². The molecule has 0 unspecified atom stereocenters. The molecule has 0 radical (unpaired) electrons. The molecule has 4 amide bonds. The summed E-state index contributed by atoms with van der Waals surface area (Å²) in [5, 5.41) is 5.80. The molecule has 1 fully saturated rings. The minimum absolute atomic E-state index is 0.0572. The number of amides is 4. The number of benzene rings is 2. The van der Waals surface area contributed by atoms with Crippen molar-refractivity contribution in [2.75, 3.05) is 56.3 Å². The van der Waals surface area contributed by atoms with Crippen LogP contribution in [0, 0.1) is 6.92 Å². The van der Waals surface area contributed by atoms with Crippen molar-refractivity contribution in [1.82, 2.24) is 18.9 Å². The van der Waals surface area contributed by atoms with Crippen molar-refractivity contribution in [1.29, 1.82) is 0 Å². The minimum Gasteiger partial charge on any atom is -0.493 e. The Balaban J connectivity index is 1.10. The highest BCUT2D eigenvalue weighted by molar-refractivity contribution is 7.80. The van der Waals surface area contributed by atoms with Crippen LogP contribution in [-0.4, -0.2) is 94.9 Å². The Morgan fingerprint density at radius 3 is 2.35 bits per heavy atom. The second-order valence-electron chi connectivity index (χ2n) is 13.6. The topological polar surface area (TPSA) is 140 Å². The number of ether oxygens (including phenoxy) is 2. The second-order valence-corrected chi connectivity index (χ2v) is 14.1. The fourth-order valence-corrected chi connectivity index (χ4v) is 6.54. The van der Waals surface area contributed by atoms with Gasteiger partial charge in [0.05, 0.1) is 31.6 Å². The third kappa shape index (κ3) is 11.0. The first-order chi connectivity index (χ1) is 26.6. The summed E-state index contributed by atoms with van der Waals surface area (Å²) in [7, 11) is 5.20. The van der Waals surface area contributed by atoms with E-state index >= 15 is 0 Å². The van der Waals surface area contributed by atoms with E-state index in [1.165, 1.54) is 6.42 Å². The van der Waals surface area contributed by atoms with Gasteiger partial charge in [0.1, 0.15) is 11.4 Å². The van der Waals surface area contributed by atoms with Gasteiger partial charge in [0.15, 0.2) is 11.5 Å². The van der Waals surface area contributed by atoms with Crippen molar-refractivity contribution < 1.29 is 28.7 Å². The van der Waals surface area contributed by atoms with Crippen molar-refractivity contribution >= 4 is 60.0 Å². The highest BCUT2D eigenvalue weighted by Gasteiger charge is 2.22. The van der Waals surface area contributed by atoms with Crippen LogP contribution in [0.2, 0.25) is 0 Å². The lowest BCUT2D eigenvalue weighted by Crippen LogP contribution is -2.36. The van der Waals surface area contributed by atoms with Gasteiger partial charge in [-0.25, -0.2) is 0 Å². The molecule has 4 aromatic rings. The van der Waals surface area contributed by atoms with E-state index in [4.69, 9.17) is 9.47 Å². The van der Waals surface area contributed by atoms with Gasteiger partial charge in [0.25, 0.3) is 11.8 Å². The largest absolute Gasteiger partial charge is 0.493 e. The number of nitrogens with zero attached hydrogens (tertiary/aromatic N) is 5. The number of anilines is 2. The third-order valence-electron chi connectivity index (χ3n) is 9.45. The number of aliphatic imine (C=N–C) groups is 1. The number of hydrogen-bond acceptors (Lipinski definition) is 8. The summed E-state index contributed by atoms with van der Waals surface area (Å²) in [5.41, 5.74) is 5.62. The number of rotatable bonds is 18. The molecule has 1 aliphatic rings. The number of carbonyl (C=O) groups excluding carboxylic acids is 4. The molecule has 55 heavy (non-hydrogen) atoms. The molecule has 5 rings (SSSR count). The molecule has 14 heteroatoms. The molecule has 292 valence electrons. The van der Waals surface area contributed by atoms with Gasteiger partial charge in [-0.3, -0.25) is 24.2 Å². The van der Waals surface area contributed by atoms with Gasteiger partial charge in [-0.05, 0) is 86.2 Å². The molecule has 2 aromatic carbocycles. The van der Waals surface area contributed by atoms with Crippen LogP contribution in [0.1, 0.15) is 65.1 Å². The first-order valence-electron chi connectivity index (χ1n) is 18.6. The van der Waals surface area contributed by atoms with Crippen LogP contribution in [-0.2, 0) is 23.7 Å². The standard InChI is InChI=1S/C41H51N7O6S/c1-29-22-37(53-4)38(25-34(29)42-15-19-47(28-49)16-9-21-55)54-20-8-10-39(50)43-33-24-35(46(3)27-33)40(51)44-32-13-11-30(12-14-32)31-23-36(45(2)26-31)41(52)48-17-6-5-7-18-48/h11-15,22-28,55H,5-10,16-21H2,1-4H3,(H,43,50)(H,44,51). The maximum atomic E-state index is 13.2. The molecular weight excluding hydrogens is 719 g/mol. The lowest BCUT2D eigenvalue weighted by atomic mass is 10.1. The average molecular weight is 770 g/mol. The molecule has 2 aromatic heterocycles. The molecule has 13 nitrogen and oxygen atoms in total. The van der Waals surface area contributed by atoms with E-state index < -0.39 is 0 Å². The van der Waals surface area contributed by atoms with Gasteiger partial charge in [0, 0.05) is 76.1 Å². The fraction of sp³-hybridized carbons (Fsp3) is 0.390. The SMILES string of the molecule is COc1cc(C)c(N=CCN(C=O)CCCS)cc1OCCCC(=O)Nc1cc(C(=O)Nc2ccc(-c3cc(C(=O)N4CCCCC4)n(C)c3)cc2)n(C)c1. The second kappa shape index (κ2) is 19.7. The van der Waals surface area contributed by atoms with Crippen LogP contribution in [0.5, 0.6) is 11.5 Å². The summed E-state index contributed by atoms with van der Waals surface area (Å²) >= 11 is 4.20. The van der Waals surface area contributed by atoms with E-state index in [2.05, 4.69) is 28.3 Å². The summed E-state index contributed by atoms with van der Waals surface area (Å²) in [5.74, 6) is 1.29. The summed E-state index contributed by atoms with van der Waals surface area (Å²) in [6.07, 6.45) is 10.8. The maximum absolute atomic E-state index is 13.2. The molecule has 0 bridgehead atoms. The smallest absolute Gasteiger partial charge is 0.272 e. The molecule has 1 aliphatic heterocycles. The summed E-state index contributed by atoms with van der Waals surface area (Å²) < 4.78 is 15.0. The third-order valence-corrected chi connectivity index (χ3v) is 9.77. The fourth-order valence-electron chi connectivity index (χ4n) is 6.40. The van der Waals surface area contributed by atoms with Crippen molar-refractivity contribution in [2.24, 2.45) is 19.1 Å². The van der Waals surface area contributed by atoms with Crippen LogP contribution in [0.4, 0.5) is 17.1 Å². The number of aromatic nitrogens is 2. The first-order valence-corrected chi connectivity index (χ1v) is 19.2. The Bertz CT molecular complexity index is 1980. The zero-order valence-electron chi connectivity index (χ0n) is 32.0. The van der Waals surface area contributed by atoms with Gasteiger partial charge in [0.2, 0.25) is 12.3 Å². The van der Waals surface area contributed by atoms with Crippen molar-refractivity contribution in [2.45, 2.75) is 45.4 Å². The molecule has 2 N–H and O–H groups in total. The molecule has 0 aliphatic carbocycles. The molecule has 1 saturated heterocycles. The zero-order valence-corrected chi connectivity index (χ0v) is 32.9. The predicted octanol–water partition coefficient (Wildman–Crippen LogP) is 6.50. The van der Waals surface area contributed by atoms with E-state index in [1.807, 2.05) is 66.0 Å². The summed E-state index contributed by atoms with van der Waals surface area (Å²) in [6.45, 7) is 4.77. The Hall–Kier alpha value is -5.50. The number of hydrogen-bond donors (Lipinski definition) is 3. The number of methoxy groups -OCH3 is 1. The van der Waals surface area contributed by atoms with Crippen LogP contribution in [0.3, 0.4) is 0 Å². The Morgan fingerprint density at radius 1 is 0.891 bits per heavy atom. The molecule has 0 saturated carbocycles. The monoisotopic (exact) mass is 769 g/mol. The lowest BCUT2D eigenvalue weighted by molar-refractivity contribution is -0.117. The zero-order chi connectivity index (χ0) is 39.3. The maximum Gasteiger partial charge on any atom is 0.272 e. The van der Waals surface area contributed by atoms with E-state index in [-0.39, 0.29) is 30.7 Å². The van der Waals surface area contributed by atoms with E-state index in [9.17, 15) is 19.2 Å². The van der Waals surface area contributed by atoms with Gasteiger partial charge in [-0.15, -0.1) is 0 Å². The highest BCUT2D eigenvalue weighted by Crippen LogP contribution is 2.35. The number of likely N-dealkylation sites (tertiary alicyclic amines) is 1. The quantitative estimate of drug-likeness (QED) is 0.0457. The number of nitrogens with one attached hydrogen (secondary N) is 2. The van der Waals surface area contributed by atoms with Crippen molar-refractivity contribution in [3.63, 3.8) is 0 Å². The van der Waals surface area contributed by atoms with E-state index in [0.29, 0.717) is 65.2 Å². The van der Waals surface area contributed by atoms with Crippen LogP contribution in [0.25, 0.3) is 11.1 Å². The van der Waals surface area contributed by atoms with Gasteiger partial charge < -0.3 is 39.0 Å².